The number of aliphatic hydroxyl groups is 2. The molecule has 30 heavy (non-hydrogen) atoms. The first-order valence-corrected chi connectivity index (χ1v) is 9.74. The van der Waals surface area contributed by atoms with E-state index in [0.29, 0.717) is 5.75 Å². The van der Waals surface area contributed by atoms with Crippen molar-refractivity contribution < 1.29 is 24.5 Å². The van der Waals surface area contributed by atoms with Gasteiger partial charge in [-0.2, -0.15) is 4.98 Å². The maximum atomic E-state index is 12.2. The van der Waals surface area contributed by atoms with Crippen LogP contribution in [0, 0.1) is 0 Å². The molecule has 2 aromatic rings. The number of amides is 1. The van der Waals surface area contributed by atoms with Crippen molar-refractivity contribution in [2.24, 2.45) is 0 Å². The maximum Gasteiger partial charge on any atom is 0.351 e. The second kappa shape index (κ2) is 8.95. The fraction of sp³-hybridized carbons (Fsp3) is 0.476. The normalized spacial score (nSPS) is 21.4. The first-order valence-electron chi connectivity index (χ1n) is 9.74. The van der Waals surface area contributed by atoms with E-state index in [4.69, 9.17) is 14.6 Å². The summed E-state index contributed by atoms with van der Waals surface area (Å²) in [7, 11) is 0. The number of rotatable bonds is 6. The lowest BCUT2D eigenvalue weighted by molar-refractivity contribution is -0.118. The lowest BCUT2D eigenvalue weighted by atomic mass is 9.87. The Morgan fingerprint density at radius 2 is 2.00 bits per heavy atom. The molecule has 3 atom stereocenters. The zero-order chi connectivity index (χ0) is 21.9. The van der Waals surface area contributed by atoms with Crippen LogP contribution in [0.5, 0.6) is 5.75 Å². The van der Waals surface area contributed by atoms with Gasteiger partial charge in [0.05, 0.1) is 12.7 Å². The molecule has 2 heterocycles. The molecule has 9 heteroatoms. The van der Waals surface area contributed by atoms with Crippen molar-refractivity contribution in [2.75, 3.05) is 18.5 Å². The molecule has 9 nitrogen and oxygen atoms in total. The van der Waals surface area contributed by atoms with E-state index >= 15 is 0 Å². The molecule has 1 aliphatic heterocycles. The molecule has 1 aromatic carbocycles. The Kier molecular flexibility index (Phi) is 6.55. The minimum Gasteiger partial charge on any atom is -0.484 e. The number of carbonyl (C=O) groups is 1. The topological polar surface area (TPSA) is 123 Å². The van der Waals surface area contributed by atoms with Gasteiger partial charge in [-0.25, -0.2) is 4.79 Å². The summed E-state index contributed by atoms with van der Waals surface area (Å²) >= 11 is 0. The van der Waals surface area contributed by atoms with E-state index in [-0.39, 0.29) is 30.9 Å². The van der Waals surface area contributed by atoms with Gasteiger partial charge in [0.1, 0.15) is 23.9 Å². The summed E-state index contributed by atoms with van der Waals surface area (Å²) < 4.78 is 12.1. The van der Waals surface area contributed by atoms with Crippen LogP contribution >= 0.6 is 0 Å². The van der Waals surface area contributed by atoms with Crippen LogP contribution in [-0.2, 0) is 14.9 Å². The molecule has 162 valence electrons. The summed E-state index contributed by atoms with van der Waals surface area (Å²) in [6, 6.07) is 8.99. The molecule has 1 aromatic heterocycles. The van der Waals surface area contributed by atoms with Crippen molar-refractivity contribution in [3.05, 3.63) is 52.6 Å². The molecule has 1 fully saturated rings. The Morgan fingerprint density at radius 1 is 1.30 bits per heavy atom. The van der Waals surface area contributed by atoms with Crippen molar-refractivity contribution in [1.29, 1.82) is 0 Å². The molecule has 1 saturated heterocycles. The molecule has 0 radical (unpaired) electrons. The van der Waals surface area contributed by atoms with E-state index in [1.807, 2.05) is 24.3 Å². The third kappa shape index (κ3) is 5.24. The van der Waals surface area contributed by atoms with E-state index < -0.39 is 30.0 Å². The number of nitrogens with zero attached hydrogens (tertiary/aromatic N) is 2. The van der Waals surface area contributed by atoms with Crippen LogP contribution in [0.2, 0.25) is 0 Å². The molecule has 0 unspecified atom stereocenters. The van der Waals surface area contributed by atoms with Crippen LogP contribution < -0.4 is 15.7 Å². The Morgan fingerprint density at radius 3 is 2.57 bits per heavy atom. The predicted molar refractivity (Wildman–Crippen MR) is 109 cm³/mol. The van der Waals surface area contributed by atoms with E-state index in [0.717, 1.165) is 5.56 Å². The molecule has 0 bridgehead atoms. The monoisotopic (exact) mass is 417 g/mol. The van der Waals surface area contributed by atoms with Crippen molar-refractivity contribution >= 4 is 11.7 Å². The molecule has 0 spiro atoms. The van der Waals surface area contributed by atoms with Crippen LogP contribution in [0.3, 0.4) is 0 Å². The van der Waals surface area contributed by atoms with Gasteiger partial charge in [-0.15, -0.1) is 0 Å². The highest BCUT2D eigenvalue weighted by Crippen LogP contribution is 2.27. The fourth-order valence-corrected chi connectivity index (χ4v) is 3.13. The van der Waals surface area contributed by atoms with Crippen molar-refractivity contribution in [3.63, 3.8) is 0 Å². The summed E-state index contributed by atoms with van der Waals surface area (Å²) in [5.41, 5.74) is 0.554. The predicted octanol–water partition coefficient (Wildman–Crippen LogP) is 1.20. The number of ether oxygens (including phenoxy) is 2. The average molecular weight is 417 g/mol. The zero-order valence-corrected chi connectivity index (χ0v) is 17.2. The highest BCUT2D eigenvalue weighted by Gasteiger charge is 2.34. The minimum atomic E-state index is -0.860. The SMILES string of the molecule is CC(C)(C)c1ccc(OCC(=O)Nc2ccn([C@H]3C[C@H](O)[C@@H](CO)O3)c(=O)n2)cc1. The number of carbonyl (C=O) groups excluding carboxylic acids is 1. The molecule has 3 rings (SSSR count). The number of hydrogen-bond donors (Lipinski definition) is 3. The Labute approximate surface area is 174 Å². The van der Waals surface area contributed by atoms with Crippen LogP contribution in [0.1, 0.15) is 39.0 Å². The smallest absolute Gasteiger partial charge is 0.351 e. The Balaban J connectivity index is 1.56. The van der Waals surface area contributed by atoms with Crippen molar-refractivity contribution in [3.8, 4) is 5.75 Å². The third-order valence-corrected chi connectivity index (χ3v) is 4.88. The summed E-state index contributed by atoms with van der Waals surface area (Å²) in [4.78, 5) is 28.2. The highest BCUT2D eigenvalue weighted by atomic mass is 16.5. The van der Waals surface area contributed by atoms with E-state index in [1.165, 1.54) is 16.8 Å². The molecule has 0 aliphatic carbocycles. The third-order valence-electron chi connectivity index (χ3n) is 4.88. The minimum absolute atomic E-state index is 0.0302. The van der Waals surface area contributed by atoms with Crippen LogP contribution in [0.25, 0.3) is 0 Å². The molecular formula is C21H27N3O6. The number of hydrogen-bond acceptors (Lipinski definition) is 7. The lowest BCUT2D eigenvalue weighted by Gasteiger charge is -2.19. The first kappa shape index (κ1) is 21.9. The number of nitrogens with one attached hydrogen (secondary N) is 1. The molecule has 1 aliphatic rings. The van der Waals surface area contributed by atoms with Crippen molar-refractivity contribution in [1.82, 2.24) is 9.55 Å². The maximum absolute atomic E-state index is 12.2. The number of aromatic nitrogens is 2. The second-order valence-electron chi connectivity index (χ2n) is 8.23. The van der Waals surface area contributed by atoms with Gasteiger partial charge in [-0.3, -0.25) is 9.36 Å². The van der Waals surface area contributed by atoms with Gasteiger partial charge >= 0.3 is 5.69 Å². The van der Waals surface area contributed by atoms with E-state index in [1.54, 1.807) is 0 Å². The molecule has 1 amide bonds. The summed E-state index contributed by atoms with van der Waals surface area (Å²) in [5.74, 6) is 0.203. The number of aliphatic hydroxyl groups excluding tert-OH is 2. The summed E-state index contributed by atoms with van der Waals surface area (Å²) in [6.45, 7) is 5.78. The number of anilines is 1. The van der Waals surface area contributed by atoms with Gasteiger partial charge in [0.15, 0.2) is 6.61 Å². The van der Waals surface area contributed by atoms with Gasteiger partial charge in [-0.1, -0.05) is 32.9 Å². The van der Waals surface area contributed by atoms with Crippen LogP contribution in [0.4, 0.5) is 5.82 Å². The standard InChI is InChI=1S/C21H27N3O6/c1-21(2,3)13-4-6-14(7-5-13)29-12-18(27)22-17-8-9-24(20(28)23-17)19-10-15(26)16(11-25)30-19/h4-9,15-16,19,25-26H,10-12H2,1-3H3,(H,22,23,27,28)/t15-,16+,19+/m0/s1. The molecule has 0 saturated carbocycles. The Bertz CT molecular complexity index is 935. The van der Waals surface area contributed by atoms with Gasteiger partial charge in [-0.05, 0) is 29.2 Å². The van der Waals surface area contributed by atoms with Crippen molar-refractivity contribution in [2.45, 2.75) is 51.0 Å². The fourth-order valence-electron chi connectivity index (χ4n) is 3.13. The van der Waals surface area contributed by atoms with Crippen LogP contribution in [-0.4, -0.2) is 51.1 Å². The van der Waals surface area contributed by atoms with Gasteiger partial charge in [0, 0.05) is 12.6 Å². The zero-order valence-electron chi connectivity index (χ0n) is 17.2. The largest absolute Gasteiger partial charge is 0.484 e. The lowest BCUT2D eigenvalue weighted by Crippen LogP contribution is -2.29. The van der Waals surface area contributed by atoms with E-state index in [2.05, 4.69) is 31.1 Å². The quantitative estimate of drug-likeness (QED) is 0.645. The first-order chi connectivity index (χ1) is 14.2. The summed E-state index contributed by atoms with van der Waals surface area (Å²) in [5, 5.41) is 21.5. The van der Waals surface area contributed by atoms with Crippen LogP contribution in [0.15, 0.2) is 41.3 Å². The summed E-state index contributed by atoms with van der Waals surface area (Å²) in [6.07, 6.45) is -0.729. The van der Waals surface area contributed by atoms with E-state index in [9.17, 15) is 14.7 Å². The second-order valence-corrected chi connectivity index (χ2v) is 8.23. The van der Waals surface area contributed by atoms with Gasteiger partial charge < -0.3 is 25.0 Å². The van der Waals surface area contributed by atoms with Gasteiger partial charge in [0.2, 0.25) is 0 Å². The number of benzene rings is 1. The Hall–Kier alpha value is -2.75. The highest BCUT2D eigenvalue weighted by molar-refractivity contribution is 5.90. The van der Waals surface area contributed by atoms with Gasteiger partial charge in [0.25, 0.3) is 5.91 Å². The molecular weight excluding hydrogens is 390 g/mol. The molecule has 3 N–H and O–H groups in total. The average Bonchev–Trinajstić information content (AvgIpc) is 3.06.